The summed E-state index contributed by atoms with van der Waals surface area (Å²) in [4.78, 5) is 22.8. The van der Waals surface area contributed by atoms with E-state index in [0.717, 1.165) is 11.8 Å². The van der Waals surface area contributed by atoms with E-state index in [-0.39, 0.29) is 17.8 Å². The highest BCUT2D eigenvalue weighted by atomic mass is 32.2. The second kappa shape index (κ2) is 5.20. The smallest absolute Gasteiger partial charge is 0.279 e. The third-order valence-electron chi connectivity index (χ3n) is 2.44. The van der Waals surface area contributed by atoms with E-state index in [0.29, 0.717) is 17.0 Å². The van der Waals surface area contributed by atoms with Gasteiger partial charge in [0.25, 0.3) is 5.24 Å². The van der Waals surface area contributed by atoms with E-state index in [2.05, 4.69) is 10.6 Å². The van der Waals surface area contributed by atoms with Crippen molar-refractivity contribution in [2.45, 2.75) is 12.6 Å². The lowest BCUT2D eigenvalue weighted by atomic mass is 10.2. The fraction of sp³-hybridized carbons (Fsp3) is 0.273. The lowest BCUT2D eigenvalue weighted by molar-refractivity contribution is -0.117. The van der Waals surface area contributed by atoms with Crippen LogP contribution in [0.25, 0.3) is 0 Å². The Bertz CT molecular complexity index is 450. The summed E-state index contributed by atoms with van der Waals surface area (Å²) in [6.45, 7) is -0.137. The van der Waals surface area contributed by atoms with Gasteiger partial charge in [0.1, 0.15) is 6.04 Å². The molecule has 0 radical (unpaired) electrons. The van der Waals surface area contributed by atoms with Crippen molar-refractivity contribution in [3.8, 4) is 0 Å². The maximum atomic E-state index is 11.8. The number of rotatable bonds is 3. The van der Waals surface area contributed by atoms with Gasteiger partial charge < -0.3 is 15.7 Å². The monoisotopic (exact) mass is 252 g/mol. The molecular formula is C11H12N2O3S. The van der Waals surface area contributed by atoms with Crippen LogP contribution < -0.4 is 10.6 Å². The third kappa shape index (κ3) is 2.78. The van der Waals surface area contributed by atoms with Crippen LogP contribution in [0.4, 0.5) is 10.5 Å². The van der Waals surface area contributed by atoms with Crippen LogP contribution in [0.3, 0.4) is 0 Å². The molecule has 90 valence electrons. The van der Waals surface area contributed by atoms with Gasteiger partial charge in [-0.05, 0) is 6.07 Å². The summed E-state index contributed by atoms with van der Waals surface area (Å²) < 4.78 is 0. The highest BCUT2D eigenvalue weighted by molar-refractivity contribution is 8.14. The van der Waals surface area contributed by atoms with Crippen LogP contribution in [0.1, 0.15) is 5.56 Å². The Morgan fingerprint density at radius 1 is 1.53 bits per heavy atom. The Balaban J connectivity index is 2.05. The molecule has 1 aliphatic heterocycles. The minimum absolute atomic E-state index is 0.137. The summed E-state index contributed by atoms with van der Waals surface area (Å²) in [5.74, 6) is 0.177. The van der Waals surface area contributed by atoms with Gasteiger partial charge in [-0.3, -0.25) is 9.59 Å². The number of hydrogen-bond acceptors (Lipinski definition) is 4. The standard InChI is InChI=1S/C11H12N2O3S/c14-5-7-3-1-2-4-8(7)12-10(15)9-6-17-11(16)13-9/h1-4,9,14H,5-6H2,(H,12,15)(H,13,16). The first-order chi connectivity index (χ1) is 8.20. The SMILES string of the molecule is O=C1NC(C(=O)Nc2ccccc2CO)CS1. The van der Waals surface area contributed by atoms with E-state index in [1.807, 2.05) is 0 Å². The Kier molecular flexibility index (Phi) is 3.65. The molecule has 6 heteroatoms. The van der Waals surface area contributed by atoms with Crippen LogP contribution in [0.2, 0.25) is 0 Å². The quantitative estimate of drug-likeness (QED) is 0.748. The molecular weight excluding hydrogens is 240 g/mol. The maximum Gasteiger partial charge on any atom is 0.279 e. The molecule has 1 fully saturated rings. The van der Waals surface area contributed by atoms with Gasteiger partial charge in [-0.15, -0.1) is 0 Å². The summed E-state index contributed by atoms with van der Waals surface area (Å²) in [5, 5.41) is 14.2. The van der Waals surface area contributed by atoms with Crippen molar-refractivity contribution in [2.24, 2.45) is 0 Å². The summed E-state index contributed by atoms with van der Waals surface area (Å²) in [5.41, 5.74) is 1.23. The van der Waals surface area contributed by atoms with E-state index in [1.165, 1.54) is 0 Å². The van der Waals surface area contributed by atoms with Gasteiger partial charge in [0.15, 0.2) is 0 Å². The van der Waals surface area contributed by atoms with E-state index < -0.39 is 6.04 Å². The van der Waals surface area contributed by atoms with Crippen LogP contribution >= 0.6 is 11.8 Å². The molecule has 0 spiro atoms. The number of aliphatic hydroxyl groups excluding tert-OH is 1. The summed E-state index contributed by atoms with van der Waals surface area (Å²) in [6.07, 6.45) is 0. The largest absolute Gasteiger partial charge is 0.392 e. The van der Waals surface area contributed by atoms with Gasteiger partial charge in [-0.2, -0.15) is 0 Å². The second-order valence-corrected chi connectivity index (χ2v) is 4.59. The van der Waals surface area contributed by atoms with Gasteiger partial charge in [0.2, 0.25) is 5.91 Å². The van der Waals surface area contributed by atoms with Gasteiger partial charge in [-0.25, -0.2) is 0 Å². The number of benzene rings is 1. The zero-order chi connectivity index (χ0) is 12.3. The number of nitrogens with one attached hydrogen (secondary N) is 2. The number of carbonyl (C=O) groups excluding carboxylic acids is 2. The number of carbonyl (C=O) groups is 2. The van der Waals surface area contributed by atoms with Crippen molar-refractivity contribution in [3.63, 3.8) is 0 Å². The predicted octanol–water partition coefficient (Wildman–Crippen LogP) is 0.942. The van der Waals surface area contributed by atoms with Crippen molar-refractivity contribution in [3.05, 3.63) is 29.8 Å². The lowest BCUT2D eigenvalue weighted by Gasteiger charge is -2.12. The number of hydrogen-bond donors (Lipinski definition) is 3. The molecule has 0 aliphatic carbocycles. The van der Waals surface area contributed by atoms with Crippen molar-refractivity contribution < 1.29 is 14.7 Å². The molecule has 5 nitrogen and oxygen atoms in total. The fourth-order valence-electron chi connectivity index (χ4n) is 1.53. The molecule has 1 aromatic carbocycles. The molecule has 1 heterocycles. The van der Waals surface area contributed by atoms with Gasteiger partial charge in [-0.1, -0.05) is 30.0 Å². The Hall–Kier alpha value is -1.53. The van der Waals surface area contributed by atoms with Gasteiger partial charge >= 0.3 is 0 Å². The van der Waals surface area contributed by atoms with Crippen molar-refractivity contribution >= 4 is 28.6 Å². The fourth-order valence-corrected chi connectivity index (χ4v) is 2.30. The Morgan fingerprint density at radius 3 is 2.94 bits per heavy atom. The normalized spacial score (nSPS) is 18.9. The second-order valence-electron chi connectivity index (χ2n) is 3.60. The topological polar surface area (TPSA) is 78.4 Å². The molecule has 0 aromatic heterocycles. The average Bonchev–Trinajstić information content (AvgIpc) is 2.77. The summed E-state index contributed by atoms with van der Waals surface area (Å²) in [7, 11) is 0. The molecule has 1 saturated heterocycles. The first-order valence-electron chi connectivity index (χ1n) is 5.13. The molecule has 2 amide bonds. The molecule has 1 aliphatic rings. The summed E-state index contributed by atoms with van der Waals surface area (Å²) in [6, 6.07) is 6.51. The van der Waals surface area contributed by atoms with Crippen LogP contribution in [0, 0.1) is 0 Å². The van der Waals surface area contributed by atoms with Crippen LogP contribution in [-0.4, -0.2) is 28.0 Å². The first-order valence-corrected chi connectivity index (χ1v) is 6.12. The zero-order valence-corrected chi connectivity index (χ0v) is 9.79. The number of thioether (sulfide) groups is 1. The number of aliphatic hydroxyl groups is 1. The van der Waals surface area contributed by atoms with Crippen LogP contribution in [0.15, 0.2) is 24.3 Å². The van der Waals surface area contributed by atoms with E-state index >= 15 is 0 Å². The predicted molar refractivity (Wildman–Crippen MR) is 65.8 cm³/mol. The molecule has 1 aromatic rings. The highest BCUT2D eigenvalue weighted by Gasteiger charge is 2.28. The minimum atomic E-state index is -0.501. The third-order valence-corrected chi connectivity index (χ3v) is 3.32. The molecule has 2 rings (SSSR count). The average molecular weight is 252 g/mol. The Labute approximate surface area is 103 Å². The molecule has 3 N–H and O–H groups in total. The van der Waals surface area contributed by atoms with E-state index in [1.54, 1.807) is 24.3 Å². The zero-order valence-electron chi connectivity index (χ0n) is 8.97. The summed E-state index contributed by atoms with van der Waals surface area (Å²) >= 11 is 1.09. The van der Waals surface area contributed by atoms with Crippen LogP contribution in [0.5, 0.6) is 0 Å². The van der Waals surface area contributed by atoms with Crippen molar-refractivity contribution in [1.82, 2.24) is 5.32 Å². The van der Waals surface area contributed by atoms with Gasteiger partial charge in [0, 0.05) is 17.0 Å². The molecule has 1 unspecified atom stereocenters. The lowest BCUT2D eigenvalue weighted by Crippen LogP contribution is -2.38. The Morgan fingerprint density at radius 2 is 2.29 bits per heavy atom. The highest BCUT2D eigenvalue weighted by Crippen LogP contribution is 2.18. The van der Waals surface area contributed by atoms with Gasteiger partial charge in [0.05, 0.1) is 6.61 Å². The van der Waals surface area contributed by atoms with E-state index in [9.17, 15) is 9.59 Å². The van der Waals surface area contributed by atoms with Crippen molar-refractivity contribution in [2.75, 3.05) is 11.1 Å². The molecule has 17 heavy (non-hydrogen) atoms. The molecule has 0 saturated carbocycles. The van der Waals surface area contributed by atoms with E-state index in [4.69, 9.17) is 5.11 Å². The number of para-hydroxylation sites is 1. The molecule has 0 bridgehead atoms. The maximum absolute atomic E-state index is 11.8. The number of anilines is 1. The van der Waals surface area contributed by atoms with Crippen LogP contribution in [-0.2, 0) is 11.4 Å². The molecule has 1 atom stereocenters. The minimum Gasteiger partial charge on any atom is -0.392 e. The first kappa shape index (κ1) is 11.9. The van der Waals surface area contributed by atoms with Crippen molar-refractivity contribution in [1.29, 1.82) is 0 Å². The number of amides is 2.